The number of thiazole rings is 1. The summed E-state index contributed by atoms with van der Waals surface area (Å²) >= 11 is 4.96. The van der Waals surface area contributed by atoms with Crippen molar-refractivity contribution in [3.05, 3.63) is 69.7 Å². The van der Waals surface area contributed by atoms with Gasteiger partial charge in [0.1, 0.15) is 0 Å². The van der Waals surface area contributed by atoms with Gasteiger partial charge in [0.15, 0.2) is 5.13 Å². The Morgan fingerprint density at radius 2 is 1.92 bits per heavy atom. The number of hydrogen-bond donors (Lipinski definition) is 1. The van der Waals surface area contributed by atoms with Crippen LogP contribution in [0, 0.1) is 0 Å². The summed E-state index contributed by atoms with van der Waals surface area (Å²) in [6, 6.07) is 16.1. The van der Waals surface area contributed by atoms with Gasteiger partial charge in [0, 0.05) is 9.86 Å². The van der Waals surface area contributed by atoms with Crippen LogP contribution in [-0.2, 0) is 12.8 Å². The van der Waals surface area contributed by atoms with Crippen molar-refractivity contribution >= 4 is 59.3 Å². The average Bonchev–Trinajstić information content (AvgIpc) is 3.21. The monoisotopic (exact) mass is 408 g/mol. The zero-order valence-electron chi connectivity index (χ0n) is 13.2. The predicted octanol–water partition coefficient (Wildman–Crippen LogP) is 5.56. The van der Waals surface area contributed by atoms with E-state index in [9.17, 15) is 4.79 Å². The molecule has 1 heterocycles. The summed E-state index contributed by atoms with van der Waals surface area (Å²) in [5.74, 6) is -0.149. The first kappa shape index (κ1) is 15.0. The molecule has 1 aromatic heterocycles. The lowest BCUT2D eigenvalue weighted by molar-refractivity contribution is 0.102. The molecular weight excluding hydrogens is 396 g/mol. The Bertz CT molecular complexity index is 1170. The lowest BCUT2D eigenvalue weighted by atomic mass is 10.0. The normalized spacial score (nSPS) is 12.8. The highest BCUT2D eigenvalue weighted by atomic mass is 79.9. The van der Waals surface area contributed by atoms with Crippen LogP contribution in [0.15, 0.2) is 53.0 Å². The first-order valence-corrected chi connectivity index (χ1v) is 9.71. The number of nitrogens with one attached hydrogen (secondary N) is 1. The Morgan fingerprint density at radius 1 is 1.08 bits per heavy atom. The van der Waals surface area contributed by atoms with Crippen LogP contribution in [0.4, 0.5) is 5.13 Å². The van der Waals surface area contributed by atoms with E-state index in [-0.39, 0.29) is 5.91 Å². The molecule has 0 saturated carbocycles. The fraction of sp³-hybridized carbons (Fsp3) is 0.100. The molecule has 3 nitrogen and oxygen atoms in total. The molecule has 0 spiro atoms. The van der Waals surface area contributed by atoms with Gasteiger partial charge in [-0.1, -0.05) is 41.7 Å². The molecule has 0 saturated heterocycles. The van der Waals surface area contributed by atoms with E-state index in [1.165, 1.54) is 33.2 Å². The molecule has 5 heteroatoms. The third-order valence-electron chi connectivity index (χ3n) is 4.69. The standard InChI is InChI=1S/C20H13BrN2OS/c21-15-7-2-1-5-13(15)19(24)23-20-22-18-14-6-3-4-11-8-9-12(17(11)14)10-16(18)25-20/h1-7,10H,8-9H2,(H,22,23,24). The molecule has 0 atom stereocenters. The molecule has 4 aromatic rings. The van der Waals surface area contributed by atoms with E-state index in [1.807, 2.05) is 18.2 Å². The second-order valence-electron chi connectivity index (χ2n) is 6.18. The molecule has 1 amide bonds. The van der Waals surface area contributed by atoms with Gasteiger partial charge in [-0.3, -0.25) is 10.1 Å². The fourth-order valence-corrected chi connectivity index (χ4v) is 4.98. The number of amides is 1. The van der Waals surface area contributed by atoms with E-state index in [0.29, 0.717) is 10.7 Å². The maximum Gasteiger partial charge on any atom is 0.258 e. The highest BCUT2D eigenvalue weighted by Crippen LogP contribution is 2.39. The summed E-state index contributed by atoms with van der Waals surface area (Å²) < 4.78 is 1.91. The number of fused-ring (bicyclic) bond motifs is 2. The van der Waals surface area contributed by atoms with E-state index in [4.69, 9.17) is 4.98 Å². The Balaban J connectivity index is 1.60. The maximum absolute atomic E-state index is 12.5. The largest absolute Gasteiger partial charge is 0.298 e. The summed E-state index contributed by atoms with van der Waals surface area (Å²) in [4.78, 5) is 17.3. The summed E-state index contributed by atoms with van der Waals surface area (Å²) in [5.41, 5.74) is 4.39. The minimum absolute atomic E-state index is 0.149. The minimum Gasteiger partial charge on any atom is -0.298 e. The Hall–Kier alpha value is -2.24. The van der Waals surface area contributed by atoms with E-state index >= 15 is 0 Å². The number of carbonyl (C=O) groups excluding carboxylic acids is 1. The molecule has 0 fully saturated rings. The average molecular weight is 409 g/mol. The van der Waals surface area contributed by atoms with Crippen LogP contribution in [0.2, 0.25) is 0 Å². The molecule has 0 radical (unpaired) electrons. The van der Waals surface area contributed by atoms with E-state index in [1.54, 1.807) is 6.07 Å². The van der Waals surface area contributed by atoms with Gasteiger partial charge in [-0.15, -0.1) is 0 Å². The molecule has 3 aromatic carbocycles. The van der Waals surface area contributed by atoms with Crippen molar-refractivity contribution in [3.63, 3.8) is 0 Å². The summed E-state index contributed by atoms with van der Waals surface area (Å²) in [7, 11) is 0. The topological polar surface area (TPSA) is 42.0 Å². The van der Waals surface area contributed by atoms with E-state index < -0.39 is 0 Å². The third kappa shape index (κ3) is 2.38. The van der Waals surface area contributed by atoms with Crippen molar-refractivity contribution in [1.29, 1.82) is 0 Å². The number of rotatable bonds is 2. The maximum atomic E-state index is 12.5. The summed E-state index contributed by atoms with van der Waals surface area (Å²) in [6.45, 7) is 0. The number of hydrogen-bond acceptors (Lipinski definition) is 3. The molecule has 0 aliphatic heterocycles. The smallest absolute Gasteiger partial charge is 0.258 e. The Morgan fingerprint density at radius 3 is 2.80 bits per heavy atom. The summed E-state index contributed by atoms with van der Waals surface area (Å²) in [6.07, 6.45) is 2.19. The number of halogens is 1. The molecule has 5 rings (SSSR count). The van der Waals surface area contributed by atoms with Crippen molar-refractivity contribution in [2.45, 2.75) is 12.8 Å². The zero-order valence-corrected chi connectivity index (χ0v) is 15.6. The molecule has 0 bridgehead atoms. The van der Waals surface area contributed by atoms with Gasteiger partial charge in [0.25, 0.3) is 5.91 Å². The lowest BCUT2D eigenvalue weighted by Gasteiger charge is -2.03. The molecular formula is C20H13BrN2OS. The van der Waals surface area contributed by atoms with Crippen LogP contribution in [0.25, 0.3) is 21.0 Å². The van der Waals surface area contributed by atoms with Gasteiger partial charge in [-0.05, 0) is 63.5 Å². The molecule has 122 valence electrons. The molecule has 0 unspecified atom stereocenters. The zero-order chi connectivity index (χ0) is 17.0. The molecule has 1 aliphatic carbocycles. The minimum atomic E-state index is -0.149. The number of benzene rings is 3. The van der Waals surface area contributed by atoms with Gasteiger partial charge in [-0.2, -0.15) is 0 Å². The first-order valence-electron chi connectivity index (χ1n) is 8.10. The number of anilines is 1. The molecule has 25 heavy (non-hydrogen) atoms. The van der Waals surface area contributed by atoms with Crippen LogP contribution in [0.1, 0.15) is 21.5 Å². The fourth-order valence-electron chi connectivity index (χ4n) is 3.57. The quantitative estimate of drug-likeness (QED) is 0.471. The van der Waals surface area contributed by atoms with Crippen LogP contribution in [-0.4, -0.2) is 10.9 Å². The highest BCUT2D eigenvalue weighted by Gasteiger charge is 2.19. The van der Waals surface area contributed by atoms with Gasteiger partial charge in [0.05, 0.1) is 15.8 Å². The van der Waals surface area contributed by atoms with Gasteiger partial charge in [-0.25, -0.2) is 4.98 Å². The number of aromatic nitrogens is 1. The Kier molecular flexibility index (Phi) is 3.40. The van der Waals surface area contributed by atoms with Gasteiger partial charge in [0.2, 0.25) is 0 Å². The van der Waals surface area contributed by atoms with E-state index in [0.717, 1.165) is 27.5 Å². The lowest BCUT2D eigenvalue weighted by Crippen LogP contribution is -2.12. The van der Waals surface area contributed by atoms with Crippen molar-refractivity contribution in [2.75, 3.05) is 5.32 Å². The number of nitrogens with zero attached hydrogens (tertiary/aromatic N) is 1. The first-order chi connectivity index (χ1) is 12.2. The number of carbonyl (C=O) groups is 1. The predicted molar refractivity (Wildman–Crippen MR) is 107 cm³/mol. The third-order valence-corrected chi connectivity index (χ3v) is 6.30. The molecule has 1 N–H and O–H groups in total. The van der Waals surface area contributed by atoms with Crippen molar-refractivity contribution in [3.8, 4) is 0 Å². The summed E-state index contributed by atoms with van der Waals surface area (Å²) in [5, 5.41) is 6.13. The second-order valence-corrected chi connectivity index (χ2v) is 8.06. The van der Waals surface area contributed by atoms with Crippen molar-refractivity contribution in [1.82, 2.24) is 4.98 Å². The molecule has 1 aliphatic rings. The number of aryl methyl sites for hydroxylation is 2. The van der Waals surface area contributed by atoms with Crippen molar-refractivity contribution < 1.29 is 4.79 Å². The van der Waals surface area contributed by atoms with Crippen LogP contribution < -0.4 is 5.32 Å². The van der Waals surface area contributed by atoms with Crippen LogP contribution in [0.5, 0.6) is 0 Å². The van der Waals surface area contributed by atoms with Gasteiger partial charge < -0.3 is 0 Å². The van der Waals surface area contributed by atoms with Gasteiger partial charge >= 0.3 is 0 Å². The Labute approximate surface area is 156 Å². The second kappa shape index (κ2) is 5.64. The SMILES string of the molecule is O=C(Nc1nc2c(cc3c4c(cccc42)CC3)s1)c1ccccc1Br. The van der Waals surface area contributed by atoms with Crippen LogP contribution in [0.3, 0.4) is 0 Å². The highest BCUT2D eigenvalue weighted by molar-refractivity contribution is 9.10. The van der Waals surface area contributed by atoms with Crippen molar-refractivity contribution in [2.24, 2.45) is 0 Å². The van der Waals surface area contributed by atoms with E-state index in [2.05, 4.69) is 45.5 Å². The van der Waals surface area contributed by atoms with Crippen LogP contribution >= 0.6 is 27.3 Å².